The van der Waals surface area contributed by atoms with Crippen molar-refractivity contribution in [3.8, 4) is 93.0 Å². The average molecular weight is 1780 g/mol. The molecule has 134 heavy (non-hydrogen) atoms. The van der Waals surface area contributed by atoms with Crippen LogP contribution in [0.2, 0.25) is 0 Å². The van der Waals surface area contributed by atoms with Crippen molar-refractivity contribution in [2.24, 2.45) is 0 Å². The third-order valence-electron chi connectivity index (χ3n) is 28.0. The number of fused-ring (bicyclic) bond motifs is 12. The van der Waals surface area contributed by atoms with Gasteiger partial charge in [0, 0.05) is 106 Å². The Hall–Kier alpha value is -14.8. The number of nitrogens with zero attached hydrogens (tertiary/aromatic N) is 10. The number of ether oxygens (including phenoxy) is 8. The molecule has 0 N–H and O–H groups in total. The first-order valence-corrected chi connectivity index (χ1v) is 47.9. The van der Waals surface area contributed by atoms with Gasteiger partial charge in [-0.2, -0.15) is 0 Å². The third kappa shape index (κ3) is 15.0. The van der Waals surface area contributed by atoms with E-state index in [1.807, 2.05) is 121 Å². The van der Waals surface area contributed by atoms with Gasteiger partial charge in [0.25, 0.3) is 70.7 Å². The van der Waals surface area contributed by atoms with Gasteiger partial charge in [-0.15, -0.1) is 0 Å². The molecule has 0 fully saturated rings. The van der Waals surface area contributed by atoms with E-state index in [0.29, 0.717) is 107 Å². The Morgan fingerprint density at radius 3 is 0.672 bits per heavy atom. The summed E-state index contributed by atoms with van der Waals surface area (Å²) in [5, 5.41) is 8.26. The highest BCUT2D eigenvalue weighted by Gasteiger charge is 2.46. The van der Waals surface area contributed by atoms with Crippen molar-refractivity contribution < 1.29 is 57.1 Å². The molecule has 4 amide bonds. The van der Waals surface area contributed by atoms with Crippen molar-refractivity contribution in [1.29, 1.82) is 0 Å². The summed E-state index contributed by atoms with van der Waals surface area (Å²) < 4.78 is 60.7. The van der Waals surface area contributed by atoms with E-state index in [1.54, 1.807) is 0 Å². The monoisotopic (exact) mass is 1770 g/mol. The van der Waals surface area contributed by atoms with Crippen molar-refractivity contribution in [2.45, 2.75) is 193 Å². The Morgan fingerprint density at radius 1 is 0.239 bits per heavy atom. The van der Waals surface area contributed by atoms with Gasteiger partial charge in [0.1, 0.15) is 46.0 Å². The molecule has 1 aliphatic carbocycles. The summed E-state index contributed by atoms with van der Waals surface area (Å²) in [7, 11) is 0. The summed E-state index contributed by atoms with van der Waals surface area (Å²) >= 11 is 0. The van der Waals surface area contributed by atoms with E-state index in [9.17, 15) is 0 Å². The van der Waals surface area contributed by atoms with Gasteiger partial charge in [-0.25, -0.2) is 39.9 Å². The highest BCUT2D eigenvalue weighted by atomic mass is 16.6. The number of amides is 4. The molecule has 12 aromatic carbocycles. The molecule has 0 atom stereocenters. The molecule has 16 aromatic rings. The van der Waals surface area contributed by atoms with Gasteiger partial charge in [0.15, 0.2) is 22.8 Å². The number of carbonyl (C=O) groups excluding carboxylic acids is 4. The zero-order chi connectivity index (χ0) is 90.3. The van der Waals surface area contributed by atoms with Gasteiger partial charge in [-0.1, -0.05) is 252 Å². The topological polar surface area (TPSA) is 252 Å². The van der Waals surface area contributed by atoms with Crippen LogP contribution in [0.3, 0.4) is 0 Å². The normalized spacial score (nSPS) is 16.2. The first kappa shape index (κ1) is 83.5. The number of aromatic nitrogens is 8. The van der Waals surface area contributed by atoms with Crippen molar-refractivity contribution in [3.05, 3.63) is 285 Å². The Balaban J connectivity index is 0.788. The summed E-state index contributed by atoms with van der Waals surface area (Å²) in [6.45, 7) is 8.89. The zero-order valence-electron chi connectivity index (χ0n) is 75.3. The number of unbranched alkanes of at least 4 members (excludes halogenated alkanes) is 12. The molecule has 22 heteroatoms. The number of para-hydroxylation sites is 4. The molecule has 668 valence electrons. The maximum absolute atomic E-state index is 15.6. The molecule has 4 aromatic heterocycles. The minimum absolute atomic E-state index is 0.0158. The minimum atomic E-state index is -0.628. The summed E-state index contributed by atoms with van der Waals surface area (Å²) in [6, 6.07) is 68.9. The molecule has 8 bridgehead atoms. The van der Waals surface area contributed by atoms with Gasteiger partial charge >= 0.3 is 0 Å². The van der Waals surface area contributed by atoms with Crippen LogP contribution in [-0.4, -0.2) is 86.4 Å². The quantitative estimate of drug-likeness (QED) is 0.0277. The second kappa shape index (κ2) is 35.1. The van der Waals surface area contributed by atoms with E-state index in [4.69, 9.17) is 77.8 Å². The fourth-order valence-electron chi connectivity index (χ4n) is 21.3. The lowest BCUT2D eigenvalue weighted by Crippen LogP contribution is -2.32. The van der Waals surface area contributed by atoms with Gasteiger partial charge < -0.3 is 37.9 Å². The standard InChI is InChI=1S/C112H98N10O12/c1-5-9-13-17-41-71-77-55-81-73(43-19-15-11-7-3)83-57-79-72(42-18-14-10-6-2)80-58-84-74(44-20-16-12-8-4)82-56-78(71)90-60-94(82)132-106-108(120-100-98(118-106)110(124)122(112(100)126)52-50-76-69-39-27-23-35-65(69)54-66-36-24-28-40-70(66)76)134-96(84)62-92(80)130-104-103(115-87-47-31-32-48-88(87)116-104)129-91(79)61-95(83)133-107-105(131-93(81)59-89(77)127-101-102(128-90)114-86-46-30-29-45-85(86)113-101)117-97-99(119-107)111(125)121(109(97)123)51-49-75-67-37-25-21-33-63(67)53-64-34-22-26-38-68(64)75/h21-40,45-48,53-62,71-74H,5-20,41-44,49-52H2,1-4H3. The van der Waals surface area contributed by atoms with Gasteiger partial charge in [-0.05, 0) is 153 Å². The number of rotatable bonds is 26. The second-order valence-corrected chi connectivity index (χ2v) is 36.5. The van der Waals surface area contributed by atoms with Gasteiger partial charge in [0.2, 0.25) is 0 Å². The lowest BCUT2D eigenvalue weighted by atomic mass is 9.76. The minimum Gasteiger partial charge on any atom is -0.434 e. The fraction of sp³-hybridized carbons (Fsp3) is 0.286. The van der Waals surface area contributed by atoms with E-state index >= 15 is 19.2 Å². The number of imide groups is 2. The van der Waals surface area contributed by atoms with Crippen LogP contribution in [0.1, 0.15) is 277 Å². The van der Waals surface area contributed by atoms with Crippen LogP contribution < -0.4 is 37.9 Å². The van der Waals surface area contributed by atoms with Crippen molar-refractivity contribution in [3.63, 3.8) is 0 Å². The molecular weight excluding hydrogens is 1680 g/mol. The molecule has 0 unspecified atom stereocenters. The van der Waals surface area contributed by atoms with Crippen LogP contribution in [0.4, 0.5) is 0 Å². The zero-order valence-corrected chi connectivity index (χ0v) is 75.3. The lowest BCUT2D eigenvalue weighted by molar-refractivity contribution is 0.0637. The number of carbonyl (C=O) groups is 4. The highest BCUT2D eigenvalue weighted by Crippen LogP contribution is 2.60. The van der Waals surface area contributed by atoms with Crippen LogP contribution in [0, 0.1) is 0 Å². The van der Waals surface area contributed by atoms with Crippen molar-refractivity contribution in [2.75, 3.05) is 13.1 Å². The molecule has 7 aliphatic rings. The van der Waals surface area contributed by atoms with E-state index in [1.165, 1.54) is 9.80 Å². The van der Waals surface area contributed by atoms with Crippen LogP contribution in [0.15, 0.2) is 206 Å². The SMILES string of the molecule is CCCCCCC1c2cc3c4cc2Oc2nc5c(nc2Oc2cc6c(cc21)C(CCCCCC)c1cc2c(cc1Oc1nc7ccccc7nc1O6)Oc1nc6c(nc1Oc1cc(c(cc1C2CCCCCC)C3CCCCCC)Oc1nc2ccccc2nc1O4)C(=O)N(CCc1c2ccccc2cc2ccccc12)C6=O)C(=O)N(CCc1c2ccccc2cc2ccccc12)C5=O. The Labute approximate surface area is 774 Å². The summed E-state index contributed by atoms with van der Waals surface area (Å²) in [5.41, 5.74) is 9.53. The Morgan fingerprint density at radius 2 is 0.448 bits per heavy atom. The van der Waals surface area contributed by atoms with E-state index < -0.39 is 47.3 Å². The molecule has 23 rings (SSSR count). The van der Waals surface area contributed by atoms with E-state index in [-0.39, 0.29) is 82.9 Å². The molecule has 0 radical (unpaired) electrons. The molecule has 0 saturated heterocycles. The molecule has 22 nitrogen and oxygen atoms in total. The Kier molecular flexibility index (Phi) is 21.9. The maximum Gasteiger partial charge on any atom is 0.284 e. The number of benzene rings is 12. The van der Waals surface area contributed by atoms with Crippen LogP contribution in [0.5, 0.6) is 93.0 Å². The molecule has 0 saturated carbocycles. The largest absolute Gasteiger partial charge is 0.434 e. The van der Waals surface area contributed by atoms with Crippen molar-refractivity contribution in [1.82, 2.24) is 49.7 Å². The summed E-state index contributed by atoms with van der Waals surface area (Å²) in [4.78, 5) is 107. The predicted molar refractivity (Wildman–Crippen MR) is 513 cm³/mol. The average Bonchev–Trinajstić information content (AvgIpc) is 1.53. The lowest BCUT2D eigenvalue weighted by Gasteiger charge is -2.30. The number of hydrogen-bond donors (Lipinski definition) is 0. The smallest absolute Gasteiger partial charge is 0.284 e. The van der Waals surface area contributed by atoms with Crippen LogP contribution >= 0.6 is 0 Å². The molecule has 10 heterocycles. The Bertz CT molecular complexity index is 6710. The highest BCUT2D eigenvalue weighted by molar-refractivity contribution is 6.20. The number of hydrogen-bond acceptors (Lipinski definition) is 20. The van der Waals surface area contributed by atoms with Crippen LogP contribution in [-0.2, 0) is 12.8 Å². The second-order valence-electron chi connectivity index (χ2n) is 36.5. The summed E-state index contributed by atoms with van der Waals surface area (Å²) in [6.07, 6.45) is 17.4. The first-order valence-electron chi connectivity index (χ1n) is 47.9. The van der Waals surface area contributed by atoms with E-state index in [2.05, 4.69) is 113 Å². The van der Waals surface area contributed by atoms with Crippen molar-refractivity contribution >= 4 is 88.8 Å². The van der Waals surface area contributed by atoms with Gasteiger partial charge in [-0.3, -0.25) is 29.0 Å². The predicted octanol–water partition coefficient (Wildman–Crippen LogP) is 27.8. The first-order chi connectivity index (χ1) is 65.9. The van der Waals surface area contributed by atoms with Gasteiger partial charge in [0.05, 0.1) is 22.1 Å². The van der Waals surface area contributed by atoms with Crippen LogP contribution in [0.25, 0.3) is 65.2 Å². The maximum atomic E-state index is 15.6. The third-order valence-corrected chi connectivity index (χ3v) is 28.0. The molecular formula is C112H98N10O12. The fourth-order valence-corrected chi connectivity index (χ4v) is 21.3. The summed E-state index contributed by atoms with van der Waals surface area (Å²) in [5.74, 6) is -2.53. The molecule has 6 aliphatic heterocycles. The molecule has 0 spiro atoms. The van der Waals surface area contributed by atoms with E-state index in [0.717, 1.165) is 201 Å².